The van der Waals surface area contributed by atoms with Crippen LogP contribution in [-0.2, 0) is 19.6 Å². The molecule has 1 aromatic rings. The summed E-state index contributed by atoms with van der Waals surface area (Å²) in [6.45, 7) is 1.73. The summed E-state index contributed by atoms with van der Waals surface area (Å²) >= 11 is 1.13. The highest BCUT2D eigenvalue weighted by atomic mass is 32.2. The zero-order valence-corrected chi connectivity index (χ0v) is 12.1. The summed E-state index contributed by atoms with van der Waals surface area (Å²) < 4.78 is 26.0. The fourth-order valence-corrected chi connectivity index (χ4v) is 3.32. The van der Waals surface area contributed by atoms with Gasteiger partial charge in [-0.3, -0.25) is 4.79 Å². The van der Waals surface area contributed by atoms with Crippen molar-refractivity contribution >= 4 is 33.1 Å². The third-order valence-electron chi connectivity index (χ3n) is 2.20. The molecule has 106 valence electrons. The quantitative estimate of drug-likeness (QED) is 0.685. The molecule has 1 rings (SSSR count). The van der Waals surface area contributed by atoms with Crippen LogP contribution in [0.3, 0.4) is 0 Å². The van der Waals surface area contributed by atoms with Gasteiger partial charge < -0.3 is 10.1 Å². The average molecular weight is 304 g/mol. The number of carbonyl (C=O) groups excluding carboxylic acids is 2. The lowest BCUT2D eigenvalue weighted by Gasteiger charge is -2.06. The number of hydrogen-bond acceptors (Lipinski definition) is 5. The third-order valence-corrected chi connectivity index (χ3v) is 5.06. The normalized spacial score (nSPS) is 11.2. The predicted octanol–water partition coefficient (Wildman–Crippen LogP) is 0.512. The van der Waals surface area contributed by atoms with Crippen molar-refractivity contribution in [3.63, 3.8) is 0 Å². The summed E-state index contributed by atoms with van der Waals surface area (Å²) in [7, 11) is -3.48. The summed E-state index contributed by atoms with van der Waals surface area (Å²) in [6, 6.07) is 3.17. The van der Waals surface area contributed by atoms with Gasteiger partial charge in [-0.1, -0.05) is 6.07 Å². The number of carbonyl (C=O) groups is 2. The summed E-state index contributed by atoms with van der Waals surface area (Å²) in [4.78, 5) is 21.9. The monoisotopic (exact) mass is 304 g/mol. The molecule has 1 amide bonds. The van der Waals surface area contributed by atoms with Gasteiger partial charge in [-0.15, -0.1) is 11.3 Å². The first kappa shape index (κ1) is 15.8. The lowest BCUT2D eigenvalue weighted by atomic mass is 10.2. The molecule has 0 radical (unpaired) electrons. The molecule has 19 heavy (non-hydrogen) atoms. The van der Waals surface area contributed by atoms with Crippen molar-refractivity contribution in [2.24, 2.45) is 0 Å². The fraction of sp³-hybridized carbons (Fsp3) is 0.455. The number of rotatable bonds is 8. The van der Waals surface area contributed by atoms with E-state index in [9.17, 15) is 18.0 Å². The molecular formula is C11H16N2O4S2. The predicted molar refractivity (Wildman–Crippen MR) is 72.4 cm³/mol. The summed E-state index contributed by atoms with van der Waals surface area (Å²) in [5, 5.41) is 4.22. The Morgan fingerprint density at radius 1 is 1.26 bits per heavy atom. The largest absolute Gasteiger partial charge is 0.355 e. The number of ketones is 1. The molecule has 1 aromatic heterocycles. The van der Waals surface area contributed by atoms with Gasteiger partial charge in [-0.05, 0) is 18.4 Å². The number of sulfonamides is 1. The number of amides is 1. The van der Waals surface area contributed by atoms with Crippen LogP contribution in [0.2, 0.25) is 0 Å². The summed E-state index contributed by atoms with van der Waals surface area (Å²) in [6.07, 6.45) is 0.333. The van der Waals surface area contributed by atoms with E-state index in [4.69, 9.17) is 0 Å². The molecule has 1 heterocycles. The Labute approximate surface area is 116 Å². The van der Waals surface area contributed by atoms with Crippen molar-refractivity contribution in [2.45, 2.75) is 24.0 Å². The second-order valence-corrected chi connectivity index (χ2v) is 6.82. The molecule has 0 aliphatic heterocycles. The third kappa shape index (κ3) is 5.95. The lowest BCUT2D eigenvalue weighted by Crippen LogP contribution is -2.34. The van der Waals surface area contributed by atoms with Crippen LogP contribution in [0.15, 0.2) is 21.7 Å². The van der Waals surface area contributed by atoms with Gasteiger partial charge in [0.2, 0.25) is 15.9 Å². The smallest absolute Gasteiger partial charge is 0.250 e. The summed E-state index contributed by atoms with van der Waals surface area (Å²) in [5.74, 6) is -0.306. The number of hydrogen-bond donors (Lipinski definition) is 2. The Morgan fingerprint density at radius 2 is 2.00 bits per heavy atom. The van der Waals surface area contributed by atoms with E-state index in [0.29, 0.717) is 0 Å². The maximum absolute atomic E-state index is 11.7. The second kappa shape index (κ2) is 7.37. The first-order valence-corrected chi connectivity index (χ1v) is 8.07. The van der Waals surface area contributed by atoms with Gasteiger partial charge >= 0.3 is 0 Å². The van der Waals surface area contributed by atoms with Crippen LogP contribution >= 0.6 is 11.3 Å². The molecule has 0 atom stereocenters. The zero-order valence-electron chi connectivity index (χ0n) is 10.5. The average Bonchev–Trinajstić information content (AvgIpc) is 2.86. The molecule has 0 aliphatic rings. The lowest BCUT2D eigenvalue weighted by molar-refractivity contribution is -0.124. The molecule has 0 aromatic carbocycles. The maximum atomic E-state index is 11.7. The summed E-state index contributed by atoms with van der Waals surface area (Å²) in [5.41, 5.74) is 0. The Kier molecular flexibility index (Phi) is 6.13. The molecule has 8 heteroatoms. The molecule has 0 aliphatic carbocycles. The van der Waals surface area contributed by atoms with Gasteiger partial charge in [-0.25, -0.2) is 13.1 Å². The van der Waals surface area contributed by atoms with Gasteiger partial charge in [-0.2, -0.15) is 0 Å². The molecular weight excluding hydrogens is 288 g/mol. The fourth-order valence-electron chi connectivity index (χ4n) is 1.25. The Balaban J connectivity index is 2.24. The van der Waals surface area contributed by atoms with Crippen molar-refractivity contribution in [3.05, 3.63) is 17.5 Å². The van der Waals surface area contributed by atoms with Crippen LogP contribution in [-0.4, -0.2) is 33.2 Å². The number of nitrogens with one attached hydrogen (secondary N) is 2. The maximum Gasteiger partial charge on any atom is 0.250 e. The zero-order chi connectivity index (χ0) is 14.3. The van der Waals surface area contributed by atoms with Gasteiger partial charge in [0.25, 0.3) is 0 Å². The molecule has 2 N–H and O–H groups in total. The topological polar surface area (TPSA) is 92.3 Å². The minimum atomic E-state index is -3.48. The molecule has 0 spiro atoms. The van der Waals surface area contributed by atoms with Crippen molar-refractivity contribution < 1.29 is 18.0 Å². The van der Waals surface area contributed by atoms with Gasteiger partial charge in [0.15, 0.2) is 0 Å². The molecule has 0 saturated heterocycles. The highest BCUT2D eigenvalue weighted by Crippen LogP contribution is 2.14. The van der Waals surface area contributed by atoms with Crippen LogP contribution in [0.5, 0.6) is 0 Å². The minimum Gasteiger partial charge on any atom is -0.355 e. The molecule has 0 fully saturated rings. The van der Waals surface area contributed by atoms with E-state index >= 15 is 0 Å². The molecule has 0 bridgehead atoms. The van der Waals surface area contributed by atoms with Crippen molar-refractivity contribution in [2.75, 3.05) is 13.1 Å². The second-order valence-electron chi connectivity index (χ2n) is 3.88. The molecule has 0 unspecified atom stereocenters. The molecule has 0 saturated carbocycles. The SMILES string of the molecule is CC(=O)CCC(=O)NCCNS(=O)(=O)c1cccs1. The van der Waals surface area contributed by atoms with Crippen molar-refractivity contribution in [1.29, 1.82) is 0 Å². The Morgan fingerprint density at radius 3 is 2.58 bits per heavy atom. The van der Waals surface area contributed by atoms with E-state index in [0.717, 1.165) is 11.3 Å². The Bertz CT molecular complexity index is 523. The first-order chi connectivity index (χ1) is 8.92. The van der Waals surface area contributed by atoms with Crippen LogP contribution in [0.25, 0.3) is 0 Å². The van der Waals surface area contributed by atoms with Crippen molar-refractivity contribution in [1.82, 2.24) is 10.0 Å². The van der Waals surface area contributed by atoms with Crippen LogP contribution in [0, 0.1) is 0 Å². The number of Topliss-reactive ketones (excluding diaryl/α,β-unsaturated/α-hetero) is 1. The van der Waals surface area contributed by atoms with Crippen LogP contribution in [0.1, 0.15) is 19.8 Å². The van der Waals surface area contributed by atoms with Crippen molar-refractivity contribution in [3.8, 4) is 0 Å². The van der Waals surface area contributed by atoms with Crippen LogP contribution < -0.4 is 10.0 Å². The highest BCUT2D eigenvalue weighted by molar-refractivity contribution is 7.91. The van der Waals surface area contributed by atoms with E-state index in [-0.39, 0.29) is 41.8 Å². The molecule has 6 nitrogen and oxygen atoms in total. The standard InChI is InChI=1S/C11H16N2O4S2/c1-9(14)4-5-10(15)12-6-7-13-19(16,17)11-3-2-8-18-11/h2-3,8,13H,4-7H2,1H3,(H,12,15). The van der Waals surface area contributed by atoms with E-state index in [1.54, 1.807) is 11.4 Å². The van der Waals surface area contributed by atoms with Gasteiger partial charge in [0, 0.05) is 25.9 Å². The van der Waals surface area contributed by atoms with E-state index in [1.165, 1.54) is 13.0 Å². The van der Waals surface area contributed by atoms with Gasteiger partial charge in [0.1, 0.15) is 9.99 Å². The highest BCUT2D eigenvalue weighted by Gasteiger charge is 2.13. The Hall–Kier alpha value is -1.25. The van der Waals surface area contributed by atoms with Gasteiger partial charge in [0.05, 0.1) is 0 Å². The first-order valence-electron chi connectivity index (χ1n) is 5.71. The van der Waals surface area contributed by atoms with E-state index in [1.807, 2.05) is 0 Å². The number of thiophene rings is 1. The minimum absolute atomic E-state index is 0.0476. The van der Waals surface area contributed by atoms with Crippen LogP contribution in [0.4, 0.5) is 0 Å². The van der Waals surface area contributed by atoms with E-state index in [2.05, 4.69) is 10.0 Å². The van der Waals surface area contributed by atoms with E-state index < -0.39 is 10.0 Å².